The van der Waals surface area contributed by atoms with Crippen LogP contribution in [-0.2, 0) is 13.0 Å². The summed E-state index contributed by atoms with van der Waals surface area (Å²) >= 11 is 6.61. The number of rotatable bonds is 4. The van der Waals surface area contributed by atoms with Crippen molar-refractivity contribution >= 4 is 17.5 Å². The van der Waals surface area contributed by atoms with Gasteiger partial charge in [0.1, 0.15) is 0 Å². The molecule has 1 fully saturated rings. The number of amides is 1. The summed E-state index contributed by atoms with van der Waals surface area (Å²) in [5.41, 5.74) is 5.11. The van der Waals surface area contributed by atoms with E-state index >= 15 is 0 Å². The molecular weight excluding hydrogens is 382 g/mol. The molecular formula is C24H24ClN3O. The average Bonchev–Trinajstić information content (AvgIpc) is 3.39. The molecule has 0 unspecified atom stereocenters. The number of nitrogens with zero attached hydrogens (tertiary/aromatic N) is 3. The lowest BCUT2D eigenvalue weighted by Crippen LogP contribution is -2.36. The van der Waals surface area contributed by atoms with E-state index in [0.717, 1.165) is 45.8 Å². The highest BCUT2D eigenvalue weighted by Crippen LogP contribution is 2.34. The summed E-state index contributed by atoms with van der Waals surface area (Å²) < 4.78 is 1.84. The number of aromatic nitrogens is 2. The molecule has 0 atom stereocenters. The third-order valence-corrected chi connectivity index (χ3v) is 6.57. The predicted octanol–water partition coefficient (Wildman–Crippen LogP) is 5.41. The lowest BCUT2D eigenvalue weighted by Gasteiger charge is -2.30. The second-order valence-corrected chi connectivity index (χ2v) is 8.53. The van der Waals surface area contributed by atoms with Crippen molar-refractivity contribution in [3.05, 3.63) is 82.1 Å². The fourth-order valence-corrected chi connectivity index (χ4v) is 4.88. The van der Waals surface area contributed by atoms with Crippen LogP contribution in [0.2, 0.25) is 5.02 Å². The molecule has 3 aromatic rings. The smallest absolute Gasteiger partial charge is 0.254 e. The molecule has 2 aromatic carbocycles. The minimum Gasteiger partial charge on any atom is -0.331 e. The topological polar surface area (TPSA) is 38.1 Å². The van der Waals surface area contributed by atoms with E-state index < -0.39 is 0 Å². The van der Waals surface area contributed by atoms with Crippen molar-refractivity contribution < 1.29 is 4.79 Å². The maximum absolute atomic E-state index is 13.1. The van der Waals surface area contributed by atoms with Gasteiger partial charge in [-0.15, -0.1) is 0 Å². The Balaban J connectivity index is 1.36. The highest BCUT2D eigenvalue weighted by Gasteiger charge is 2.33. The average molecular weight is 406 g/mol. The highest BCUT2D eigenvalue weighted by molar-refractivity contribution is 6.31. The Labute approximate surface area is 176 Å². The molecule has 2 aliphatic rings. The molecule has 0 radical (unpaired) electrons. The number of halogens is 1. The summed E-state index contributed by atoms with van der Waals surface area (Å²) in [5, 5.41) is 5.01. The van der Waals surface area contributed by atoms with Gasteiger partial charge in [-0.05, 0) is 66.3 Å². The summed E-state index contributed by atoms with van der Waals surface area (Å²) in [4.78, 5) is 15.1. The van der Waals surface area contributed by atoms with Crippen molar-refractivity contribution in [1.82, 2.24) is 14.7 Å². The second-order valence-electron chi connectivity index (χ2n) is 8.12. The largest absolute Gasteiger partial charge is 0.331 e. The molecule has 0 spiro atoms. The number of carbonyl (C=O) groups excluding carboxylic acids is 1. The van der Waals surface area contributed by atoms with Gasteiger partial charge in [0.2, 0.25) is 0 Å². The van der Waals surface area contributed by atoms with E-state index in [1.165, 1.54) is 19.3 Å². The van der Waals surface area contributed by atoms with E-state index in [0.29, 0.717) is 19.0 Å². The van der Waals surface area contributed by atoms with Crippen LogP contribution < -0.4 is 0 Å². The molecule has 5 heteroatoms. The SMILES string of the molecule is O=C1c2cc(Cc3ccc(-n4cccn4)cc3)c(Cl)cc2CN1C1CCCCC1. The van der Waals surface area contributed by atoms with Crippen molar-refractivity contribution in [2.24, 2.45) is 0 Å². The van der Waals surface area contributed by atoms with Gasteiger partial charge in [0.25, 0.3) is 5.91 Å². The molecule has 1 aromatic heterocycles. The Hall–Kier alpha value is -2.59. The Morgan fingerprint density at radius 2 is 1.86 bits per heavy atom. The van der Waals surface area contributed by atoms with Gasteiger partial charge in [0, 0.05) is 35.6 Å². The molecule has 0 bridgehead atoms. The highest BCUT2D eigenvalue weighted by atomic mass is 35.5. The van der Waals surface area contributed by atoms with Gasteiger partial charge in [-0.2, -0.15) is 5.10 Å². The van der Waals surface area contributed by atoms with Gasteiger partial charge in [0.05, 0.1) is 5.69 Å². The van der Waals surface area contributed by atoms with E-state index in [1.807, 2.05) is 29.1 Å². The minimum absolute atomic E-state index is 0.179. The van der Waals surface area contributed by atoms with E-state index in [4.69, 9.17) is 11.6 Å². The third kappa shape index (κ3) is 3.58. The molecule has 1 saturated carbocycles. The normalized spacial score (nSPS) is 17.0. The maximum Gasteiger partial charge on any atom is 0.254 e. The summed E-state index contributed by atoms with van der Waals surface area (Å²) in [7, 11) is 0. The lowest BCUT2D eigenvalue weighted by molar-refractivity contribution is 0.0660. The molecule has 1 aliphatic carbocycles. The quantitative estimate of drug-likeness (QED) is 0.582. The Morgan fingerprint density at radius 3 is 2.59 bits per heavy atom. The van der Waals surface area contributed by atoms with Crippen LogP contribution in [0, 0.1) is 0 Å². The zero-order valence-corrected chi connectivity index (χ0v) is 17.1. The Morgan fingerprint density at radius 1 is 1.07 bits per heavy atom. The first kappa shape index (κ1) is 18.4. The first-order valence-electron chi connectivity index (χ1n) is 10.4. The van der Waals surface area contributed by atoms with E-state index in [-0.39, 0.29) is 5.91 Å². The number of fused-ring (bicyclic) bond motifs is 1. The number of carbonyl (C=O) groups is 1. The summed E-state index contributed by atoms with van der Waals surface area (Å²) in [6.45, 7) is 0.706. The van der Waals surface area contributed by atoms with Gasteiger partial charge >= 0.3 is 0 Å². The van der Waals surface area contributed by atoms with Crippen molar-refractivity contribution in [2.75, 3.05) is 0 Å². The van der Waals surface area contributed by atoms with Crippen molar-refractivity contribution in [2.45, 2.75) is 51.1 Å². The van der Waals surface area contributed by atoms with Crippen LogP contribution in [0.4, 0.5) is 0 Å². The molecule has 0 N–H and O–H groups in total. The van der Waals surface area contributed by atoms with Crippen LogP contribution in [-0.4, -0.2) is 26.6 Å². The van der Waals surface area contributed by atoms with Gasteiger partial charge in [0.15, 0.2) is 0 Å². The maximum atomic E-state index is 13.1. The molecule has 0 saturated heterocycles. The standard InChI is InChI=1S/C24H24ClN3O/c25-23-15-19-16-27(20-5-2-1-3-6-20)24(29)22(19)14-18(23)13-17-7-9-21(10-8-17)28-12-4-11-26-28/h4,7-12,14-15,20H,1-3,5-6,13,16H2. The summed E-state index contributed by atoms with van der Waals surface area (Å²) in [6, 6.07) is 14.6. The number of benzene rings is 2. The fraction of sp³-hybridized carbons (Fsp3) is 0.333. The van der Waals surface area contributed by atoms with Gasteiger partial charge in [-0.3, -0.25) is 4.79 Å². The Kier molecular flexibility index (Phi) is 4.88. The van der Waals surface area contributed by atoms with Crippen LogP contribution in [0.15, 0.2) is 54.9 Å². The van der Waals surface area contributed by atoms with Crippen molar-refractivity contribution in [1.29, 1.82) is 0 Å². The van der Waals surface area contributed by atoms with Crippen molar-refractivity contribution in [3.63, 3.8) is 0 Å². The molecule has 2 heterocycles. The minimum atomic E-state index is 0.179. The van der Waals surface area contributed by atoms with Crippen molar-refractivity contribution in [3.8, 4) is 5.69 Å². The van der Waals surface area contributed by atoms with Gasteiger partial charge < -0.3 is 4.90 Å². The molecule has 1 aliphatic heterocycles. The molecule has 1 amide bonds. The molecule has 29 heavy (non-hydrogen) atoms. The van der Waals surface area contributed by atoms with E-state index in [2.05, 4.69) is 34.3 Å². The summed E-state index contributed by atoms with van der Waals surface area (Å²) in [5.74, 6) is 0.179. The fourth-order valence-electron chi connectivity index (χ4n) is 4.63. The number of hydrogen-bond donors (Lipinski definition) is 0. The van der Waals surface area contributed by atoms with Crippen LogP contribution in [0.25, 0.3) is 5.69 Å². The van der Waals surface area contributed by atoms with Crippen LogP contribution in [0.3, 0.4) is 0 Å². The second kappa shape index (κ2) is 7.68. The first-order valence-corrected chi connectivity index (χ1v) is 10.8. The zero-order valence-electron chi connectivity index (χ0n) is 16.4. The number of hydrogen-bond acceptors (Lipinski definition) is 2. The van der Waals surface area contributed by atoms with E-state index in [1.54, 1.807) is 6.20 Å². The predicted molar refractivity (Wildman–Crippen MR) is 115 cm³/mol. The van der Waals surface area contributed by atoms with Crippen LogP contribution >= 0.6 is 11.6 Å². The zero-order chi connectivity index (χ0) is 19.8. The Bertz CT molecular complexity index is 1020. The molecule has 148 valence electrons. The summed E-state index contributed by atoms with van der Waals surface area (Å²) in [6.07, 6.45) is 10.4. The van der Waals surface area contributed by atoms with E-state index in [9.17, 15) is 4.79 Å². The van der Waals surface area contributed by atoms with Gasteiger partial charge in [-0.25, -0.2) is 4.68 Å². The van der Waals surface area contributed by atoms with Crippen LogP contribution in [0.5, 0.6) is 0 Å². The lowest BCUT2D eigenvalue weighted by atomic mass is 9.94. The first-order chi connectivity index (χ1) is 14.2. The van der Waals surface area contributed by atoms with Crippen LogP contribution in [0.1, 0.15) is 59.2 Å². The van der Waals surface area contributed by atoms with Gasteiger partial charge in [-0.1, -0.05) is 43.0 Å². The third-order valence-electron chi connectivity index (χ3n) is 6.22. The monoisotopic (exact) mass is 405 g/mol. The molecule has 5 rings (SSSR count). The molecule has 4 nitrogen and oxygen atoms in total.